The molecule has 4 nitrogen and oxygen atoms in total. The Hall–Kier alpha value is -3.40. The van der Waals surface area contributed by atoms with Crippen molar-refractivity contribution in [2.45, 2.75) is 19.9 Å². The van der Waals surface area contributed by atoms with Crippen LogP contribution in [0.25, 0.3) is 0 Å². The average molecular weight is 372 g/mol. The SMILES string of the molecule is CCc1ccc(CN(C)C(=O)c2ccccc2NC(=O)c2ccccc2)cc1. The minimum Gasteiger partial charge on any atom is -0.337 e. The van der Waals surface area contributed by atoms with Gasteiger partial charge in [0.1, 0.15) is 0 Å². The van der Waals surface area contributed by atoms with Gasteiger partial charge in [0.25, 0.3) is 11.8 Å². The van der Waals surface area contributed by atoms with Gasteiger partial charge in [0.2, 0.25) is 0 Å². The zero-order valence-corrected chi connectivity index (χ0v) is 16.2. The second kappa shape index (κ2) is 9.00. The second-order valence-electron chi connectivity index (χ2n) is 6.70. The molecule has 3 rings (SSSR count). The number of carbonyl (C=O) groups is 2. The van der Waals surface area contributed by atoms with E-state index in [1.54, 1.807) is 48.3 Å². The van der Waals surface area contributed by atoms with Crippen molar-refractivity contribution in [3.05, 3.63) is 101 Å². The summed E-state index contributed by atoms with van der Waals surface area (Å²) >= 11 is 0. The van der Waals surface area contributed by atoms with Gasteiger partial charge in [-0.3, -0.25) is 9.59 Å². The first kappa shape index (κ1) is 19.4. The molecule has 0 aromatic heterocycles. The molecule has 0 bridgehead atoms. The summed E-state index contributed by atoms with van der Waals surface area (Å²) in [6.45, 7) is 2.62. The molecule has 0 radical (unpaired) electrons. The Kier molecular flexibility index (Phi) is 6.22. The fourth-order valence-electron chi connectivity index (χ4n) is 2.99. The van der Waals surface area contributed by atoms with Gasteiger partial charge in [-0.15, -0.1) is 0 Å². The molecule has 28 heavy (non-hydrogen) atoms. The van der Waals surface area contributed by atoms with Crippen LogP contribution in [0.1, 0.15) is 38.8 Å². The molecule has 0 heterocycles. The van der Waals surface area contributed by atoms with Gasteiger partial charge < -0.3 is 10.2 Å². The van der Waals surface area contributed by atoms with Crippen molar-refractivity contribution in [1.82, 2.24) is 4.90 Å². The topological polar surface area (TPSA) is 49.4 Å². The maximum atomic E-state index is 13.0. The molecule has 0 saturated heterocycles. The summed E-state index contributed by atoms with van der Waals surface area (Å²) in [5.41, 5.74) is 3.87. The lowest BCUT2D eigenvalue weighted by Gasteiger charge is -2.19. The van der Waals surface area contributed by atoms with Crippen LogP contribution < -0.4 is 5.32 Å². The number of benzene rings is 3. The van der Waals surface area contributed by atoms with Gasteiger partial charge in [-0.05, 0) is 41.8 Å². The first-order valence-electron chi connectivity index (χ1n) is 9.37. The van der Waals surface area contributed by atoms with Crippen LogP contribution in [0.4, 0.5) is 5.69 Å². The van der Waals surface area contributed by atoms with Crippen molar-refractivity contribution in [2.24, 2.45) is 0 Å². The summed E-state index contributed by atoms with van der Waals surface area (Å²) in [6, 6.07) is 24.3. The molecule has 4 heteroatoms. The predicted molar refractivity (Wildman–Crippen MR) is 112 cm³/mol. The summed E-state index contributed by atoms with van der Waals surface area (Å²) in [7, 11) is 1.77. The number of anilines is 1. The zero-order valence-electron chi connectivity index (χ0n) is 16.2. The van der Waals surface area contributed by atoms with Crippen LogP contribution in [-0.4, -0.2) is 23.8 Å². The van der Waals surface area contributed by atoms with E-state index in [2.05, 4.69) is 24.4 Å². The summed E-state index contributed by atoms with van der Waals surface area (Å²) in [6.07, 6.45) is 0.990. The Morgan fingerprint density at radius 2 is 1.43 bits per heavy atom. The number of aryl methyl sites for hydroxylation is 1. The van der Waals surface area contributed by atoms with E-state index >= 15 is 0 Å². The molecule has 1 N–H and O–H groups in total. The number of rotatable bonds is 6. The minimum absolute atomic E-state index is 0.136. The molecule has 0 aliphatic carbocycles. The van der Waals surface area contributed by atoms with Crippen LogP contribution in [0.3, 0.4) is 0 Å². The molecule has 2 amide bonds. The number of amides is 2. The molecule has 0 saturated carbocycles. The molecular formula is C24H24N2O2. The predicted octanol–water partition coefficient (Wildman–Crippen LogP) is 4.77. The number of nitrogens with one attached hydrogen (secondary N) is 1. The van der Waals surface area contributed by atoms with E-state index in [9.17, 15) is 9.59 Å². The highest BCUT2D eigenvalue weighted by molar-refractivity contribution is 6.08. The third-order valence-electron chi connectivity index (χ3n) is 4.64. The maximum Gasteiger partial charge on any atom is 0.256 e. The first-order valence-corrected chi connectivity index (χ1v) is 9.37. The van der Waals surface area contributed by atoms with Gasteiger partial charge in [-0.2, -0.15) is 0 Å². The molecule has 142 valence electrons. The highest BCUT2D eigenvalue weighted by atomic mass is 16.2. The average Bonchev–Trinajstić information content (AvgIpc) is 2.74. The van der Waals surface area contributed by atoms with Crippen molar-refractivity contribution in [3.8, 4) is 0 Å². The highest BCUT2D eigenvalue weighted by Gasteiger charge is 2.17. The highest BCUT2D eigenvalue weighted by Crippen LogP contribution is 2.19. The van der Waals surface area contributed by atoms with Crippen molar-refractivity contribution in [2.75, 3.05) is 12.4 Å². The zero-order chi connectivity index (χ0) is 19.9. The van der Waals surface area contributed by atoms with Crippen molar-refractivity contribution >= 4 is 17.5 Å². The summed E-state index contributed by atoms with van der Waals surface area (Å²) < 4.78 is 0. The van der Waals surface area contributed by atoms with E-state index in [1.807, 2.05) is 30.3 Å². The fourth-order valence-corrected chi connectivity index (χ4v) is 2.99. The van der Waals surface area contributed by atoms with Gasteiger partial charge in [0.05, 0.1) is 11.3 Å². The molecule has 0 fully saturated rings. The Labute approximate surface area is 165 Å². The molecule has 0 unspecified atom stereocenters. The minimum atomic E-state index is -0.237. The smallest absolute Gasteiger partial charge is 0.256 e. The van der Waals surface area contributed by atoms with Crippen molar-refractivity contribution in [1.29, 1.82) is 0 Å². The largest absolute Gasteiger partial charge is 0.337 e. The van der Waals surface area contributed by atoms with E-state index in [4.69, 9.17) is 0 Å². The third-order valence-corrected chi connectivity index (χ3v) is 4.64. The number of hydrogen-bond donors (Lipinski definition) is 1. The van der Waals surface area contributed by atoms with Gasteiger partial charge >= 0.3 is 0 Å². The second-order valence-corrected chi connectivity index (χ2v) is 6.70. The molecule has 3 aromatic rings. The Bertz CT molecular complexity index is 950. The van der Waals surface area contributed by atoms with Crippen LogP contribution >= 0.6 is 0 Å². The standard InChI is InChI=1S/C24H24N2O2/c1-3-18-13-15-19(16-14-18)17-26(2)24(28)21-11-7-8-12-22(21)25-23(27)20-9-5-4-6-10-20/h4-16H,3,17H2,1-2H3,(H,25,27). The Balaban J connectivity index is 1.75. The lowest BCUT2D eigenvalue weighted by atomic mass is 10.1. The first-order chi connectivity index (χ1) is 13.6. The van der Waals surface area contributed by atoms with Crippen LogP contribution in [-0.2, 0) is 13.0 Å². The monoisotopic (exact) mass is 372 g/mol. The van der Waals surface area contributed by atoms with Crippen LogP contribution in [0.15, 0.2) is 78.9 Å². The van der Waals surface area contributed by atoms with Gasteiger partial charge in [0.15, 0.2) is 0 Å². The third kappa shape index (κ3) is 4.65. The quantitative estimate of drug-likeness (QED) is 0.677. The molecule has 0 aliphatic rings. The molecular weight excluding hydrogens is 348 g/mol. The number of para-hydroxylation sites is 1. The molecule has 3 aromatic carbocycles. The van der Waals surface area contributed by atoms with Gasteiger partial charge in [-0.25, -0.2) is 0 Å². The lowest BCUT2D eigenvalue weighted by Crippen LogP contribution is -2.27. The number of carbonyl (C=O) groups excluding carboxylic acids is 2. The van der Waals surface area contributed by atoms with E-state index in [1.165, 1.54) is 5.56 Å². The van der Waals surface area contributed by atoms with Gasteiger partial charge in [0, 0.05) is 19.2 Å². The maximum absolute atomic E-state index is 13.0. The van der Waals surface area contributed by atoms with E-state index in [-0.39, 0.29) is 11.8 Å². The normalized spacial score (nSPS) is 10.4. The van der Waals surface area contributed by atoms with Crippen LogP contribution in [0, 0.1) is 0 Å². The molecule has 0 aliphatic heterocycles. The summed E-state index contributed by atoms with van der Waals surface area (Å²) in [5, 5.41) is 2.86. The molecule has 0 spiro atoms. The van der Waals surface area contributed by atoms with Crippen LogP contribution in [0.5, 0.6) is 0 Å². The summed E-state index contributed by atoms with van der Waals surface area (Å²) in [4.78, 5) is 27.1. The molecule has 0 atom stereocenters. The van der Waals surface area contributed by atoms with Crippen LogP contribution in [0.2, 0.25) is 0 Å². The number of hydrogen-bond acceptors (Lipinski definition) is 2. The van der Waals surface area contributed by atoms with E-state index < -0.39 is 0 Å². The van der Waals surface area contributed by atoms with Crippen molar-refractivity contribution in [3.63, 3.8) is 0 Å². The van der Waals surface area contributed by atoms with E-state index in [0.29, 0.717) is 23.4 Å². The Morgan fingerprint density at radius 3 is 2.11 bits per heavy atom. The van der Waals surface area contributed by atoms with E-state index in [0.717, 1.165) is 12.0 Å². The van der Waals surface area contributed by atoms with Gasteiger partial charge in [-0.1, -0.05) is 61.5 Å². The Morgan fingerprint density at radius 1 is 0.821 bits per heavy atom. The fraction of sp³-hybridized carbons (Fsp3) is 0.167. The number of nitrogens with zero attached hydrogens (tertiary/aromatic N) is 1. The van der Waals surface area contributed by atoms with Crippen molar-refractivity contribution < 1.29 is 9.59 Å². The lowest BCUT2D eigenvalue weighted by molar-refractivity contribution is 0.0786. The summed E-state index contributed by atoms with van der Waals surface area (Å²) in [5.74, 6) is -0.373.